The summed E-state index contributed by atoms with van der Waals surface area (Å²) in [6.07, 6.45) is 0. The molecule has 1 saturated heterocycles. The minimum Gasteiger partial charge on any atom is -0.338 e. The molecule has 4 rings (SSSR count). The Labute approximate surface area is 172 Å². The topological polar surface area (TPSA) is 56.8 Å². The molecule has 1 fully saturated rings. The van der Waals surface area contributed by atoms with Crippen LogP contribution < -0.4 is 0 Å². The molecule has 1 aliphatic rings. The zero-order chi connectivity index (χ0) is 19.5. The summed E-state index contributed by atoms with van der Waals surface area (Å²) in [5.74, 6) is 0.168. The lowest BCUT2D eigenvalue weighted by Crippen LogP contribution is -2.52. The van der Waals surface area contributed by atoms with E-state index in [1.54, 1.807) is 11.3 Å². The van der Waals surface area contributed by atoms with Crippen LogP contribution in [0.15, 0.2) is 41.8 Å². The van der Waals surface area contributed by atoms with Gasteiger partial charge in [-0.1, -0.05) is 18.2 Å². The highest BCUT2D eigenvalue weighted by Crippen LogP contribution is 2.22. The van der Waals surface area contributed by atoms with Crippen LogP contribution >= 0.6 is 22.7 Å². The fourth-order valence-corrected chi connectivity index (χ4v) is 5.06. The largest absolute Gasteiger partial charge is 0.338 e. The third kappa shape index (κ3) is 4.24. The van der Waals surface area contributed by atoms with Gasteiger partial charge in [-0.2, -0.15) is 0 Å². The van der Waals surface area contributed by atoms with Gasteiger partial charge >= 0.3 is 0 Å². The maximum Gasteiger partial charge on any atom is 0.264 e. The molecule has 0 bridgehead atoms. The van der Waals surface area contributed by atoms with E-state index in [1.165, 1.54) is 16.0 Å². The molecule has 0 atom stereocenters. The standard InChI is InChI=1S/C20H22N4O2S2/c1-22(13-18-21-15-5-2-3-6-16(15)28-18)14-19(25)23-8-10-24(11-9-23)20(26)17-7-4-12-27-17/h2-7,12H,8-11,13-14H2,1H3. The Morgan fingerprint density at radius 1 is 1.07 bits per heavy atom. The number of aromatic nitrogens is 1. The summed E-state index contributed by atoms with van der Waals surface area (Å²) in [5, 5.41) is 2.93. The number of fused-ring (bicyclic) bond motifs is 1. The van der Waals surface area contributed by atoms with Gasteiger partial charge < -0.3 is 9.80 Å². The molecule has 0 N–H and O–H groups in total. The smallest absolute Gasteiger partial charge is 0.264 e. The van der Waals surface area contributed by atoms with Gasteiger partial charge in [0.25, 0.3) is 5.91 Å². The van der Waals surface area contributed by atoms with E-state index in [4.69, 9.17) is 0 Å². The molecule has 2 amide bonds. The van der Waals surface area contributed by atoms with Crippen molar-refractivity contribution in [2.24, 2.45) is 0 Å². The van der Waals surface area contributed by atoms with Crippen LogP contribution in [-0.2, 0) is 11.3 Å². The molecule has 3 aromatic rings. The second-order valence-corrected chi connectivity index (χ2v) is 8.96. The number of carbonyl (C=O) groups is 2. The molecule has 1 aromatic carbocycles. The molecular weight excluding hydrogens is 392 g/mol. The van der Waals surface area contributed by atoms with Gasteiger partial charge in [0.15, 0.2) is 0 Å². The third-order valence-electron chi connectivity index (χ3n) is 4.80. The first-order valence-electron chi connectivity index (χ1n) is 9.24. The first kappa shape index (κ1) is 19.0. The first-order valence-corrected chi connectivity index (χ1v) is 10.9. The summed E-state index contributed by atoms with van der Waals surface area (Å²) >= 11 is 3.13. The van der Waals surface area contributed by atoms with E-state index in [0.29, 0.717) is 39.3 Å². The van der Waals surface area contributed by atoms with Crippen LogP contribution in [0.2, 0.25) is 0 Å². The number of benzene rings is 1. The number of amides is 2. The molecule has 3 heterocycles. The summed E-state index contributed by atoms with van der Waals surface area (Å²) in [5.41, 5.74) is 1.01. The van der Waals surface area contributed by atoms with E-state index in [-0.39, 0.29) is 11.8 Å². The highest BCUT2D eigenvalue weighted by molar-refractivity contribution is 7.18. The molecule has 1 aliphatic heterocycles. The Bertz CT molecular complexity index is 929. The summed E-state index contributed by atoms with van der Waals surface area (Å²) in [6.45, 7) is 3.36. The van der Waals surface area contributed by atoms with Crippen molar-refractivity contribution in [1.82, 2.24) is 19.7 Å². The lowest BCUT2D eigenvalue weighted by Gasteiger charge is -2.35. The van der Waals surface area contributed by atoms with Crippen LogP contribution in [0.4, 0.5) is 0 Å². The molecule has 28 heavy (non-hydrogen) atoms. The molecule has 0 aliphatic carbocycles. The molecule has 0 unspecified atom stereocenters. The Morgan fingerprint density at radius 2 is 1.82 bits per heavy atom. The van der Waals surface area contributed by atoms with Crippen LogP contribution in [0.3, 0.4) is 0 Å². The molecule has 0 radical (unpaired) electrons. The Morgan fingerprint density at radius 3 is 2.54 bits per heavy atom. The van der Waals surface area contributed by atoms with Crippen molar-refractivity contribution in [2.75, 3.05) is 39.8 Å². The van der Waals surface area contributed by atoms with Gasteiger partial charge in [-0.15, -0.1) is 22.7 Å². The van der Waals surface area contributed by atoms with E-state index in [0.717, 1.165) is 15.4 Å². The Hall–Kier alpha value is -2.29. The summed E-state index contributed by atoms with van der Waals surface area (Å²) in [4.78, 5) is 36.1. The van der Waals surface area contributed by atoms with Crippen LogP contribution in [0.1, 0.15) is 14.7 Å². The molecule has 8 heteroatoms. The zero-order valence-corrected chi connectivity index (χ0v) is 17.3. The van der Waals surface area contributed by atoms with Gasteiger partial charge in [-0.25, -0.2) is 4.98 Å². The fourth-order valence-electron chi connectivity index (χ4n) is 3.32. The van der Waals surface area contributed by atoms with Crippen molar-refractivity contribution in [1.29, 1.82) is 0 Å². The predicted octanol–water partition coefficient (Wildman–Crippen LogP) is 2.77. The summed E-state index contributed by atoms with van der Waals surface area (Å²) in [6, 6.07) is 11.8. The van der Waals surface area contributed by atoms with E-state index < -0.39 is 0 Å². The zero-order valence-electron chi connectivity index (χ0n) is 15.7. The lowest BCUT2D eigenvalue weighted by atomic mass is 10.3. The molecule has 0 spiro atoms. The molecular formula is C20H22N4O2S2. The number of piperazine rings is 1. The third-order valence-corrected chi connectivity index (χ3v) is 6.68. The van der Waals surface area contributed by atoms with Crippen LogP contribution in [-0.4, -0.2) is 71.3 Å². The van der Waals surface area contributed by atoms with E-state index in [2.05, 4.69) is 11.1 Å². The quantitative estimate of drug-likeness (QED) is 0.644. The van der Waals surface area contributed by atoms with Gasteiger partial charge in [-0.05, 0) is 30.6 Å². The minimum absolute atomic E-state index is 0.0649. The Kier molecular flexibility index (Phi) is 5.70. The maximum absolute atomic E-state index is 12.6. The van der Waals surface area contributed by atoms with Crippen molar-refractivity contribution in [3.63, 3.8) is 0 Å². The molecule has 0 saturated carbocycles. The van der Waals surface area contributed by atoms with Gasteiger partial charge in [0.05, 0.1) is 28.2 Å². The number of hydrogen-bond acceptors (Lipinski definition) is 6. The maximum atomic E-state index is 12.6. The van der Waals surface area contributed by atoms with Gasteiger partial charge in [0, 0.05) is 26.2 Å². The minimum atomic E-state index is 0.0649. The normalized spacial score (nSPS) is 14.8. The van der Waals surface area contributed by atoms with Gasteiger partial charge in [-0.3, -0.25) is 14.5 Å². The van der Waals surface area contributed by atoms with Crippen molar-refractivity contribution in [3.8, 4) is 0 Å². The monoisotopic (exact) mass is 414 g/mol. The number of likely N-dealkylation sites (N-methyl/N-ethyl adjacent to an activating group) is 1. The number of carbonyl (C=O) groups excluding carboxylic acids is 2. The number of rotatable bonds is 5. The SMILES string of the molecule is CN(CC(=O)N1CCN(C(=O)c2cccs2)CC1)Cc1nc2ccccc2s1. The van der Waals surface area contributed by atoms with E-state index >= 15 is 0 Å². The highest BCUT2D eigenvalue weighted by atomic mass is 32.1. The van der Waals surface area contributed by atoms with Crippen LogP contribution in [0, 0.1) is 0 Å². The lowest BCUT2D eigenvalue weighted by molar-refractivity contribution is -0.133. The highest BCUT2D eigenvalue weighted by Gasteiger charge is 2.25. The first-order chi connectivity index (χ1) is 13.6. The van der Waals surface area contributed by atoms with E-state index in [1.807, 2.05) is 57.5 Å². The average molecular weight is 415 g/mol. The number of nitrogens with zero attached hydrogens (tertiary/aromatic N) is 4. The van der Waals surface area contributed by atoms with Gasteiger partial charge in [0.1, 0.15) is 5.01 Å². The van der Waals surface area contributed by atoms with Crippen LogP contribution in [0.5, 0.6) is 0 Å². The number of thiophene rings is 1. The fraction of sp³-hybridized carbons (Fsp3) is 0.350. The summed E-state index contributed by atoms with van der Waals surface area (Å²) < 4.78 is 1.17. The summed E-state index contributed by atoms with van der Waals surface area (Å²) in [7, 11) is 1.94. The molecule has 146 valence electrons. The van der Waals surface area contributed by atoms with Crippen molar-refractivity contribution >= 4 is 44.7 Å². The molecule has 2 aromatic heterocycles. The second kappa shape index (κ2) is 8.38. The number of thiazole rings is 1. The second-order valence-electron chi connectivity index (χ2n) is 6.90. The van der Waals surface area contributed by atoms with Gasteiger partial charge in [0.2, 0.25) is 5.91 Å². The van der Waals surface area contributed by atoms with Crippen LogP contribution in [0.25, 0.3) is 10.2 Å². The van der Waals surface area contributed by atoms with Crippen molar-refractivity contribution < 1.29 is 9.59 Å². The predicted molar refractivity (Wildman–Crippen MR) is 113 cm³/mol. The van der Waals surface area contributed by atoms with E-state index in [9.17, 15) is 9.59 Å². The average Bonchev–Trinajstić information content (AvgIpc) is 3.36. The molecule has 6 nitrogen and oxygen atoms in total. The van der Waals surface area contributed by atoms with Crippen molar-refractivity contribution in [2.45, 2.75) is 6.54 Å². The Balaban J connectivity index is 1.27. The number of para-hydroxylation sites is 1. The van der Waals surface area contributed by atoms with Crippen molar-refractivity contribution in [3.05, 3.63) is 51.7 Å². The number of hydrogen-bond donors (Lipinski definition) is 0.